The summed E-state index contributed by atoms with van der Waals surface area (Å²) in [6.07, 6.45) is 2.10. The molecule has 2 aromatic carbocycles. The Bertz CT molecular complexity index is 533. The Morgan fingerprint density at radius 3 is 2.05 bits per heavy atom. The number of hydrogen-bond acceptors (Lipinski definition) is 1. The van der Waals surface area contributed by atoms with Crippen LogP contribution in [0.3, 0.4) is 0 Å². The van der Waals surface area contributed by atoms with Gasteiger partial charge in [0, 0.05) is 22.4 Å². The summed E-state index contributed by atoms with van der Waals surface area (Å²) in [6, 6.07) is 16.4. The molecular formula is C17H17ClO. The van der Waals surface area contributed by atoms with Gasteiger partial charge in [-0.15, -0.1) is 11.6 Å². The molecule has 0 fully saturated rings. The van der Waals surface area contributed by atoms with Crippen molar-refractivity contribution in [3.8, 4) is 11.5 Å². The van der Waals surface area contributed by atoms with E-state index >= 15 is 0 Å². The van der Waals surface area contributed by atoms with Crippen molar-refractivity contribution in [2.75, 3.05) is 0 Å². The number of halogens is 1. The van der Waals surface area contributed by atoms with E-state index in [1.165, 1.54) is 11.1 Å². The van der Waals surface area contributed by atoms with E-state index < -0.39 is 0 Å². The summed E-state index contributed by atoms with van der Waals surface area (Å²) in [6.45, 7) is 2.17. The summed E-state index contributed by atoms with van der Waals surface area (Å²) < 4.78 is 5.98. The van der Waals surface area contributed by atoms with Crippen molar-refractivity contribution in [1.29, 1.82) is 0 Å². The molecule has 0 aromatic heterocycles. The lowest BCUT2D eigenvalue weighted by Crippen LogP contribution is -2.19. The van der Waals surface area contributed by atoms with Gasteiger partial charge in [0.05, 0.1) is 0 Å². The highest BCUT2D eigenvalue weighted by Crippen LogP contribution is 2.47. The monoisotopic (exact) mass is 272 g/mol. The first-order valence-corrected chi connectivity index (χ1v) is 7.24. The lowest BCUT2D eigenvalue weighted by Gasteiger charge is -2.31. The maximum atomic E-state index is 6.66. The fourth-order valence-electron chi connectivity index (χ4n) is 2.78. The molecule has 1 unspecified atom stereocenters. The molecular weight excluding hydrogens is 256 g/mol. The summed E-state index contributed by atoms with van der Waals surface area (Å²) in [5.74, 6) is 2.10. The minimum absolute atomic E-state index is 0.108. The second-order valence-electron chi connectivity index (χ2n) is 4.96. The molecule has 3 rings (SSSR count). The lowest BCUT2D eigenvalue weighted by atomic mass is 9.84. The molecule has 2 aromatic rings. The van der Waals surface area contributed by atoms with Gasteiger partial charge in [0.25, 0.3) is 0 Å². The third-order valence-corrected chi connectivity index (χ3v) is 4.12. The van der Waals surface area contributed by atoms with Gasteiger partial charge in [-0.2, -0.15) is 0 Å². The topological polar surface area (TPSA) is 9.23 Å². The van der Waals surface area contributed by atoms with Crippen molar-refractivity contribution in [1.82, 2.24) is 0 Å². The van der Waals surface area contributed by atoms with Crippen LogP contribution >= 0.6 is 11.6 Å². The standard InChI is InChI=1S/C17H17ClO/c1-2-7-14(18)17-12-8-3-5-10-15(12)19-16-11-6-4-9-13(16)17/h3-6,8-11,14,17H,2,7H2,1H3. The van der Waals surface area contributed by atoms with Crippen LogP contribution in [0, 0.1) is 0 Å². The van der Waals surface area contributed by atoms with Crippen LogP contribution in [-0.2, 0) is 0 Å². The first kappa shape index (κ1) is 12.6. The van der Waals surface area contributed by atoms with E-state index in [9.17, 15) is 0 Å². The molecule has 2 heteroatoms. The maximum Gasteiger partial charge on any atom is 0.131 e. The Morgan fingerprint density at radius 1 is 1.00 bits per heavy atom. The highest BCUT2D eigenvalue weighted by Gasteiger charge is 2.31. The van der Waals surface area contributed by atoms with Gasteiger partial charge in [-0.1, -0.05) is 49.7 Å². The van der Waals surface area contributed by atoms with E-state index in [1.54, 1.807) is 0 Å². The highest BCUT2D eigenvalue weighted by molar-refractivity contribution is 6.21. The van der Waals surface area contributed by atoms with Crippen LogP contribution in [-0.4, -0.2) is 5.38 Å². The minimum Gasteiger partial charge on any atom is -0.457 e. The van der Waals surface area contributed by atoms with Crippen molar-refractivity contribution in [3.05, 3.63) is 59.7 Å². The summed E-state index contributed by atoms with van der Waals surface area (Å²) >= 11 is 6.66. The Morgan fingerprint density at radius 2 is 1.53 bits per heavy atom. The quantitative estimate of drug-likeness (QED) is 0.686. The van der Waals surface area contributed by atoms with Crippen LogP contribution in [0.2, 0.25) is 0 Å². The maximum absolute atomic E-state index is 6.66. The number of rotatable bonds is 3. The zero-order chi connectivity index (χ0) is 13.2. The van der Waals surface area contributed by atoms with Gasteiger partial charge < -0.3 is 4.74 Å². The predicted octanol–water partition coefficient (Wildman–Crippen LogP) is 5.33. The van der Waals surface area contributed by atoms with Gasteiger partial charge in [0.1, 0.15) is 11.5 Å². The Balaban J connectivity index is 2.11. The van der Waals surface area contributed by atoms with Gasteiger partial charge in [-0.05, 0) is 18.6 Å². The van der Waals surface area contributed by atoms with Gasteiger partial charge in [-0.25, -0.2) is 0 Å². The molecule has 0 saturated heterocycles. The number of hydrogen-bond donors (Lipinski definition) is 0. The van der Waals surface area contributed by atoms with E-state index in [1.807, 2.05) is 24.3 Å². The summed E-state index contributed by atoms with van der Waals surface area (Å²) in [7, 11) is 0. The second kappa shape index (κ2) is 5.26. The zero-order valence-electron chi connectivity index (χ0n) is 11.0. The van der Waals surface area contributed by atoms with Crippen molar-refractivity contribution in [2.24, 2.45) is 0 Å². The molecule has 0 N–H and O–H groups in total. The van der Waals surface area contributed by atoms with E-state index in [0.717, 1.165) is 24.3 Å². The third-order valence-electron chi connectivity index (χ3n) is 3.65. The van der Waals surface area contributed by atoms with E-state index in [0.29, 0.717) is 0 Å². The summed E-state index contributed by atoms with van der Waals surface area (Å²) in [5, 5.41) is 0.108. The number of para-hydroxylation sites is 2. The fraction of sp³-hybridized carbons (Fsp3) is 0.294. The smallest absolute Gasteiger partial charge is 0.131 e. The van der Waals surface area contributed by atoms with Crippen LogP contribution in [0.1, 0.15) is 36.8 Å². The fourth-order valence-corrected chi connectivity index (χ4v) is 3.27. The van der Waals surface area contributed by atoms with Crippen LogP contribution in [0.25, 0.3) is 0 Å². The summed E-state index contributed by atoms with van der Waals surface area (Å²) in [5.41, 5.74) is 2.41. The number of alkyl halides is 1. The first-order valence-electron chi connectivity index (χ1n) is 6.81. The normalized spacial score (nSPS) is 15.3. The molecule has 0 amide bonds. The van der Waals surface area contributed by atoms with Crippen molar-refractivity contribution < 1.29 is 4.74 Å². The molecule has 0 saturated carbocycles. The molecule has 1 aliphatic rings. The molecule has 0 bridgehead atoms. The van der Waals surface area contributed by atoms with Crippen LogP contribution in [0.15, 0.2) is 48.5 Å². The van der Waals surface area contributed by atoms with E-state index in [2.05, 4.69) is 31.2 Å². The number of ether oxygens (including phenoxy) is 1. The molecule has 1 heterocycles. The average molecular weight is 273 g/mol. The molecule has 98 valence electrons. The molecule has 0 spiro atoms. The predicted molar refractivity (Wildman–Crippen MR) is 79.4 cm³/mol. The number of benzene rings is 2. The second-order valence-corrected chi connectivity index (χ2v) is 5.52. The van der Waals surface area contributed by atoms with Crippen molar-refractivity contribution in [2.45, 2.75) is 31.1 Å². The molecule has 1 nitrogen and oxygen atoms in total. The van der Waals surface area contributed by atoms with E-state index in [-0.39, 0.29) is 11.3 Å². The minimum atomic E-state index is 0.108. The van der Waals surface area contributed by atoms with E-state index in [4.69, 9.17) is 16.3 Å². The zero-order valence-corrected chi connectivity index (χ0v) is 11.7. The van der Waals surface area contributed by atoms with Crippen molar-refractivity contribution >= 4 is 11.6 Å². The third kappa shape index (κ3) is 2.23. The largest absolute Gasteiger partial charge is 0.457 e. The van der Waals surface area contributed by atoms with Crippen LogP contribution in [0.5, 0.6) is 11.5 Å². The number of fused-ring (bicyclic) bond motifs is 2. The van der Waals surface area contributed by atoms with Gasteiger partial charge in [0.15, 0.2) is 0 Å². The molecule has 19 heavy (non-hydrogen) atoms. The molecule has 1 atom stereocenters. The average Bonchev–Trinajstić information content (AvgIpc) is 2.44. The molecule has 0 aliphatic carbocycles. The van der Waals surface area contributed by atoms with Crippen molar-refractivity contribution in [3.63, 3.8) is 0 Å². The Labute approximate surface area is 119 Å². The van der Waals surface area contributed by atoms with Crippen LogP contribution in [0.4, 0.5) is 0 Å². The first-order chi connectivity index (χ1) is 9.31. The molecule has 1 aliphatic heterocycles. The Kier molecular flexibility index (Phi) is 3.48. The van der Waals surface area contributed by atoms with Gasteiger partial charge in [-0.3, -0.25) is 0 Å². The summed E-state index contributed by atoms with van der Waals surface area (Å²) in [4.78, 5) is 0. The molecule has 0 radical (unpaired) electrons. The van der Waals surface area contributed by atoms with Gasteiger partial charge in [0.2, 0.25) is 0 Å². The SMILES string of the molecule is CCCC(Cl)C1c2ccccc2Oc2ccccc21. The van der Waals surface area contributed by atoms with Gasteiger partial charge >= 0.3 is 0 Å². The Hall–Kier alpha value is -1.47. The lowest BCUT2D eigenvalue weighted by molar-refractivity contribution is 0.439. The van der Waals surface area contributed by atoms with Crippen LogP contribution < -0.4 is 4.74 Å². The highest BCUT2D eigenvalue weighted by atomic mass is 35.5.